The number of hydrogen-bond acceptors (Lipinski definition) is 8. The van der Waals surface area contributed by atoms with E-state index in [4.69, 9.17) is 9.47 Å². The summed E-state index contributed by atoms with van der Waals surface area (Å²) in [7, 11) is 1.55. The zero-order chi connectivity index (χ0) is 24.0. The standard InChI is InChI=1S/C23H23N3O6S/c1-14(2)32-21(27)12-17(15-8-4-6-10-19(15)26(29)30)24-22(28)18-13-33-23(25-18)16-9-5-7-11-20(16)31-3/h4-11,13-14,17H,12H2,1-3H3,(H,24,28). The fraction of sp³-hybridized carbons (Fsp3) is 0.261. The Hall–Kier alpha value is -3.79. The molecular formula is C23H23N3O6S. The smallest absolute Gasteiger partial charge is 0.308 e. The zero-order valence-corrected chi connectivity index (χ0v) is 19.1. The van der Waals surface area contributed by atoms with Gasteiger partial charge in [0.1, 0.15) is 16.5 Å². The number of nitrogens with zero attached hydrogens (tertiary/aromatic N) is 2. The maximum Gasteiger partial charge on any atom is 0.308 e. The molecule has 3 aromatic rings. The fourth-order valence-electron chi connectivity index (χ4n) is 3.22. The molecule has 2 aromatic carbocycles. The van der Waals surface area contributed by atoms with Crippen LogP contribution in [0, 0.1) is 10.1 Å². The molecule has 3 rings (SSSR count). The molecule has 1 N–H and O–H groups in total. The van der Waals surface area contributed by atoms with Gasteiger partial charge in [-0.25, -0.2) is 4.98 Å². The van der Waals surface area contributed by atoms with Crippen LogP contribution in [0.5, 0.6) is 5.75 Å². The number of thiazole rings is 1. The van der Waals surface area contributed by atoms with Crippen LogP contribution in [-0.2, 0) is 9.53 Å². The number of nitro benzene ring substituents is 1. The predicted molar refractivity (Wildman–Crippen MR) is 123 cm³/mol. The number of methoxy groups -OCH3 is 1. The second kappa shape index (κ2) is 10.7. The number of ether oxygens (including phenoxy) is 2. The van der Waals surface area contributed by atoms with E-state index in [1.54, 1.807) is 38.5 Å². The molecular weight excluding hydrogens is 446 g/mol. The average Bonchev–Trinajstić information content (AvgIpc) is 3.28. The van der Waals surface area contributed by atoms with E-state index in [2.05, 4.69) is 10.3 Å². The molecule has 0 fully saturated rings. The van der Waals surface area contributed by atoms with Crippen molar-refractivity contribution in [2.24, 2.45) is 0 Å². The van der Waals surface area contributed by atoms with E-state index >= 15 is 0 Å². The fourth-order valence-corrected chi connectivity index (χ4v) is 4.05. The lowest BCUT2D eigenvalue weighted by atomic mass is 10.0. The number of amides is 1. The maximum absolute atomic E-state index is 13.0. The number of para-hydroxylation sites is 2. The number of nitro groups is 1. The summed E-state index contributed by atoms with van der Waals surface area (Å²) in [5, 5.41) is 16.4. The van der Waals surface area contributed by atoms with Crippen LogP contribution in [0.15, 0.2) is 53.9 Å². The van der Waals surface area contributed by atoms with E-state index in [0.29, 0.717) is 10.8 Å². The number of benzene rings is 2. The Labute approximate surface area is 194 Å². The van der Waals surface area contributed by atoms with Crippen LogP contribution in [0.2, 0.25) is 0 Å². The highest BCUT2D eigenvalue weighted by molar-refractivity contribution is 7.13. The second-order valence-corrected chi connectivity index (χ2v) is 8.18. The molecule has 0 aliphatic carbocycles. The minimum Gasteiger partial charge on any atom is -0.496 e. The predicted octanol–water partition coefficient (Wildman–Crippen LogP) is 4.54. The maximum atomic E-state index is 13.0. The van der Waals surface area contributed by atoms with E-state index in [-0.39, 0.29) is 29.5 Å². The lowest BCUT2D eigenvalue weighted by molar-refractivity contribution is -0.385. The summed E-state index contributed by atoms with van der Waals surface area (Å²) < 4.78 is 10.5. The molecule has 0 aliphatic rings. The second-order valence-electron chi connectivity index (χ2n) is 7.32. The summed E-state index contributed by atoms with van der Waals surface area (Å²) in [5.74, 6) is -0.526. The summed E-state index contributed by atoms with van der Waals surface area (Å²) in [4.78, 5) is 40.7. The molecule has 0 aliphatic heterocycles. The van der Waals surface area contributed by atoms with Gasteiger partial charge in [-0.05, 0) is 26.0 Å². The van der Waals surface area contributed by atoms with Crippen molar-refractivity contribution in [3.63, 3.8) is 0 Å². The van der Waals surface area contributed by atoms with Crippen molar-refractivity contribution in [1.29, 1.82) is 0 Å². The number of hydrogen-bond donors (Lipinski definition) is 1. The SMILES string of the molecule is COc1ccccc1-c1nc(C(=O)NC(CC(=O)OC(C)C)c2ccccc2[N+](=O)[O-])cs1. The quantitative estimate of drug-likeness (QED) is 0.277. The Balaban J connectivity index is 1.89. The molecule has 0 spiro atoms. The van der Waals surface area contributed by atoms with Gasteiger partial charge in [-0.1, -0.05) is 30.3 Å². The van der Waals surface area contributed by atoms with Gasteiger partial charge in [0.2, 0.25) is 0 Å². The summed E-state index contributed by atoms with van der Waals surface area (Å²) in [5.41, 5.74) is 0.867. The first-order chi connectivity index (χ1) is 15.8. The average molecular weight is 470 g/mol. The van der Waals surface area contributed by atoms with E-state index in [0.717, 1.165) is 5.56 Å². The van der Waals surface area contributed by atoms with E-state index in [1.165, 1.54) is 29.5 Å². The van der Waals surface area contributed by atoms with E-state index < -0.39 is 22.8 Å². The first-order valence-electron chi connectivity index (χ1n) is 10.1. The highest BCUT2D eigenvalue weighted by Gasteiger charge is 2.27. The zero-order valence-electron chi connectivity index (χ0n) is 18.3. The Morgan fingerprint density at radius 2 is 1.85 bits per heavy atom. The molecule has 9 nitrogen and oxygen atoms in total. The molecule has 1 aromatic heterocycles. The van der Waals surface area contributed by atoms with Gasteiger partial charge in [0.05, 0.1) is 41.7 Å². The van der Waals surface area contributed by atoms with Gasteiger partial charge in [-0.2, -0.15) is 0 Å². The molecule has 0 saturated heterocycles. The van der Waals surface area contributed by atoms with Gasteiger partial charge >= 0.3 is 5.97 Å². The number of aromatic nitrogens is 1. The van der Waals surface area contributed by atoms with Crippen LogP contribution in [-0.4, -0.2) is 35.0 Å². The van der Waals surface area contributed by atoms with Crippen molar-refractivity contribution < 1.29 is 24.0 Å². The normalized spacial score (nSPS) is 11.6. The van der Waals surface area contributed by atoms with Crippen molar-refractivity contribution in [3.8, 4) is 16.3 Å². The number of carbonyl (C=O) groups excluding carboxylic acids is 2. The number of nitrogens with one attached hydrogen (secondary N) is 1. The van der Waals surface area contributed by atoms with Crippen LogP contribution in [0.25, 0.3) is 10.6 Å². The monoisotopic (exact) mass is 469 g/mol. The minimum atomic E-state index is -0.971. The third-order valence-corrected chi connectivity index (χ3v) is 5.50. The molecule has 0 saturated carbocycles. The molecule has 172 valence electrons. The third-order valence-electron chi connectivity index (χ3n) is 4.63. The van der Waals surface area contributed by atoms with E-state index in [1.807, 2.05) is 18.2 Å². The van der Waals surface area contributed by atoms with Crippen LogP contribution in [0.4, 0.5) is 5.69 Å². The Kier molecular flexibility index (Phi) is 7.73. The Morgan fingerprint density at radius 3 is 2.55 bits per heavy atom. The minimum absolute atomic E-state index is 0.127. The summed E-state index contributed by atoms with van der Waals surface area (Å²) >= 11 is 1.26. The van der Waals surface area contributed by atoms with E-state index in [9.17, 15) is 19.7 Å². The first-order valence-corrected chi connectivity index (χ1v) is 11.0. The van der Waals surface area contributed by atoms with Crippen molar-refractivity contribution >= 4 is 28.9 Å². The van der Waals surface area contributed by atoms with Gasteiger partial charge in [0, 0.05) is 11.4 Å². The number of carbonyl (C=O) groups is 2. The Bertz CT molecular complexity index is 1160. The molecule has 0 radical (unpaired) electrons. The van der Waals surface area contributed by atoms with Gasteiger partial charge in [-0.15, -0.1) is 11.3 Å². The number of rotatable bonds is 9. The third kappa shape index (κ3) is 5.92. The lowest BCUT2D eigenvalue weighted by Gasteiger charge is -2.19. The van der Waals surface area contributed by atoms with Crippen molar-refractivity contribution in [2.45, 2.75) is 32.4 Å². The van der Waals surface area contributed by atoms with Gasteiger partial charge < -0.3 is 14.8 Å². The van der Waals surface area contributed by atoms with Crippen molar-refractivity contribution in [1.82, 2.24) is 10.3 Å². The van der Waals surface area contributed by atoms with Crippen LogP contribution < -0.4 is 10.1 Å². The van der Waals surface area contributed by atoms with Gasteiger partial charge in [0.15, 0.2) is 0 Å². The van der Waals surface area contributed by atoms with Crippen molar-refractivity contribution in [3.05, 3.63) is 75.3 Å². The highest BCUT2D eigenvalue weighted by Crippen LogP contribution is 2.32. The molecule has 1 amide bonds. The lowest BCUT2D eigenvalue weighted by Crippen LogP contribution is -2.31. The van der Waals surface area contributed by atoms with Gasteiger partial charge in [0.25, 0.3) is 11.6 Å². The Morgan fingerprint density at radius 1 is 1.15 bits per heavy atom. The molecule has 33 heavy (non-hydrogen) atoms. The van der Waals surface area contributed by atoms with Crippen LogP contribution in [0.1, 0.15) is 42.4 Å². The molecule has 1 unspecified atom stereocenters. The summed E-state index contributed by atoms with van der Waals surface area (Å²) in [6.45, 7) is 3.40. The first kappa shape index (κ1) is 23.9. The highest BCUT2D eigenvalue weighted by atomic mass is 32.1. The van der Waals surface area contributed by atoms with Gasteiger partial charge in [-0.3, -0.25) is 19.7 Å². The van der Waals surface area contributed by atoms with Crippen LogP contribution >= 0.6 is 11.3 Å². The molecule has 10 heteroatoms. The van der Waals surface area contributed by atoms with Crippen molar-refractivity contribution in [2.75, 3.05) is 7.11 Å². The topological polar surface area (TPSA) is 121 Å². The molecule has 1 atom stereocenters. The number of esters is 1. The molecule has 1 heterocycles. The summed E-state index contributed by atoms with van der Waals surface area (Å²) in [6.07, 6.45) is -0.625. The van der Waals surface area contributed by atoms with Crippen LogP contribution in [0.3, 0.4) is 0 Å². The largest absolute Gasteiger partial charge is 0.496 e. The summed E-state index contributed by atoms with van der Waals surface area (Å²) in [6, 6.07) is 12.3. The molecule has 0 bridgehead atoms.